The maximum absolute atomic E-state index is 10.3. The van der Waals surface area contributed by atoms with Crippen LogP contribution in [0.1, 0.15) is 18.6 Å². The lowest BCUT2D eigenvalue weighted by Gasteiger charge is -2.05. The zero-order valence-corrected chi connectivity index (χ0v) is 7.65. The van der Waals surface area contributed by atoms with E-state index in [-0.39, 0.29) is 10.7 Å². The monoisotopic (exact) mass is 201 g/mol. The molecule has 0 amide bonds. The van der Waals surface area contributed by atoms with Crippen molar-refractivity contribution in [3.05, 3.63) is 38.9 Å². The molecule has 0 bridgehead atoms. The summed E-state index contributed by atoms with van der Waals surface area (Å²) in [4.78, 5) is 9.79. The Morgan fingerprint density at radius 1 is 1.62 bits per heavy atom. The van der Waals surface area contributed by atoms with Crippen LogP contribution >= 0.6 is 11.6 Å². The van der Waals surface area contributed by atoms with Gasteiger partial charge in [0.15, 0.2) is 0 Å². The predicted octanol–water partition coefficient (Wildman–Crippen LogP) is 2.30. The second-order valence-corrected chi connectivity index (χ2v) is 3.05. The quantitative estimate of drug-likeness (QED) is 0.590. The van der Waals surface area contributed by atoms with Crippen molar-refractivity contribution in [1.29, 1.82) is 0 Å². The SMILES string of the molecule is CC(O)c1ccc([N+](=O)[O-])cc1Cl. The molecule has 1 N–H and O–H groups in total. The van der Waals surface area contributed by atoms with Crippen molar-refractivity contribution in [2.45, 2.75) is 13.0 Å². The topological polar surface area (TPSA) is 63.4 Å². The highest BCUT2D eigenvalue weighted by Crippen LogP contribution is 2.26. The van der Waals surface area contributed by atoms with Crippen molar-refractivity contribution in [2.75, 3.05) is 0 Å². The van der Waals surface area contributed by atoms with Gasteiger partial charge >= 0.3 is 0 Å². The van der Waals surface area contributed by atoms with Gasteiger partial charge in [0.25, 0.3) is 5.69 Å². The fraction of sp³-hybridized carbons (Fsp3) is 0.250. The standard InChI is InChI=1S/C8H8ClNO3/c1-5(11)7-3-2-6(10(12)13)4-8(7)9/h2-5,11H,1H3. The average molecular weight is 202 g/mol. The molecular formula is C8H8ClNO3. The highest BCUT2D eigenvalue weighted by Gasteiger charge is 2.11. The molecule has 0 saturated heterocycles. The first-order chi connectivity index (χ1) is 6.02. The minimum absolute atomic E-state index is 0.0746. The Kier molecular flexibility index (Phi) is 2.85. The first-order valence-electron chi connectivity index (χ1n) is 3.64. The molecule has 1 rings (SSSR count). The van der Waals surface area contributed by atoms with E-state index in [0.717, 1.165) is 0 Å². The third-order valence-corrected chi connectivity index (χ3v) is 1.97. The van der Waals surface area contributed by atoms with Gasteiger partial charge in [-0.1, -0.05) is 11.6 Å². The van der Waals surface area contributed by atoms with E-state index in [1.54, 1.807) is 6.92 Å². The van der Waals surface area contributed by atoms with E-state index in [4.69, 9.17) is 11.6 Å². The minimum atomic E-state index is -0.715. The molecular weight excluding hydrogens is 194 g/mol. The molecule has 70 valence electrons. The largest absolute Gasteiger partial charge is 0.389 e. The summed E-state index contributed by atoms with van der Waals surface area (Å²) in [5, 5.41) is 19.7. The van der Waals surface area contributed by atoms with Gasteiger partial charge in [-0.15, -0.1) is 0 Å². The van der Waals surface area contributed by atoms with Crippen LogP contribution in [-0.2, 0) is 0 Å². The maximum atomic E-state index is 10.3. The summed E-state index contributed by atoms with van der Waals surface area (Å²) in [5.74, 6) is 0. The smallest absolute Gasteiger partial charge is 0.270 e. The minimum Gasteiger partial charge on any atom is -0.389 e. The van der Waals surface area contributed by atoms with Gasteiger partial charge < -0.3 is 5.11 Å². The van der Waals surface area contributed by atoms with Crippen molar-refractivity contribution in [1.82, 2.24) is 0 Å². The van der Waals surface area contributed by atoms with Crippen molar-refractivity contribution in [3.8, 4) is 0 Å². The Bertz CT molecular complexity index is 338. The van der Waals surface area contributed by atoms with Crippen LogP contribution < -0.4 is 0 Å². The summed E-state index contributed by atoms with van der Waals surface area (Å²) in [6, 6.07) is 3.99. The summed E-state index contributed by atoms with van der Waals surface area (Å²) < 4.78 is 0. The van der Waals surface area contributed by atoms with E-state index in [2.05, 4.69) is 0 Å². The number of benzene rings is 1. The van der Waals surface area contributed by atoms with Gasteiger partial charge in [-0.05, 0) is 18.6 Å². The zero-order chi connectivity index (χ0) is 10.0. The van der Waals surface area contributed by atoms with Crippen molar-refractivity contribution < 1.29 is 10.0 Å². The summed E-state index contributed by atoms with van der Waals surface area (Å²) in [7, 11) is 0. The highest BCUT2D eigenvalue weighted by molar-refractivity contribution is 6.31. The summed E-state index contributed by atoms with van der Waals surface area (Å²) in [6.07, 6.45) is -0.715. The molecule has 0 fully saturated rings. The van der Waals surface area contributed by atoms with Crippen LogP contribution in [0.5, 0.6) is 0 Å². The normalized spacial score (nSPS) is 12.5. The van der Waals surface area contributed by atoms with Crippen molar-refractivity contribution in [3.63, 3.8) is 0 Å². The lowest BCUT2D eigenvalue weighted by Crippen LogP contribution is -1.94. The number of hydrogen-bond donors (Lipinski definition) is 1. The first-order valence-corrected chi connectivity index (χ1v) is 4.02. The van der Waals surface area contributed by atoms with Crippen LogP contribution in [0.3, 0.4) is 0 Å². The summed E-state index contributed by atoms with van der Waals surface area (Å²) in [6.45, 7) is 1.55. The molecule has 0 aliphatic carbocycles. The van der Waals surface area contributed by atoms with E-state index in [1.807, 2.05) is 0 Å². The first kappa shape index (κ1) is 9.95. The van der Waals surface area contributed by atoms with E-state index < -0.39 is 11.0 Å². The van der Waals surface area contributed by atoms with Gasteiger partial charge in [-0.2, -0.15) is 0 Å². The molecule has 4 nitrogen and oxygen atoms in total. The van der Waals surface area contributed by atoms with Gasteiger partial charge in [0.05, 0.1) is 16.0 Å². The van der Waals surface area contributed by atoms with Gasteiger partial charge in [0, 0.05) is 12.1 Å². The van der Waals surface area contributed by atoms with Crippen LogP contribution in [-0.4, -0.2) is 10.0 Å². The van der Waals surface area contributed by atoms with Crippen molar-refractivity contribution >= 4 is 17.3 Å². The van der Waals surface area contributed by atoms with Crippen LogP contribution in [0, 0.1) is 10.1 Å². The molecule has 0 radical (unpaired) electrons. The van der Waals surface area contributed by atoms with E-state index in [1.165, 1.54) is 18.2 Å². The van der Waals surface area contributed by atoms with E-state index in [0.29, 0.717) is 5.56 Å². The second-order valence-electron chi connectivity index (χ2n) is 2.64. The Morgan fingerprint density at radius 3 is 2.62 bits per heavy atom. The van der Waals surface area contributed by atoms with Crippen LogP contribution in [0.2, 0.25) is 5.02 Å². The molecule has 5 heteroatoms. The molecule has 0 saturated carbocycles. The molecule has 0 heterocycles. The van der Waals surface area contributed by atoms with Gasteiger partial charge in [-0.25, -0.2) is 0 Å². The Labute approximate surface area is 79.9 Å². The van der Waals surface area contributed by atoms with E-state index in [9.17, 15) is 15.2 Å². The van der Waals surface area contributed by atoms with Crippen molar-refractivity contribution in [2.24, 2.45) is 0 Å². The number of nitro groups is 1. The third kappa shape index (κ3) is 2.17. The Balaban J connectivity index is 3.13. The highest BCUT2D eigenvalue weighted by atomic mass is 35.5. The number of nitro benzene ring substituents is 1. The molecule has 0 aliphatic rings. The number of nitrogens with zero attached hydrogens (tertiary/aromatic N) is 1. The fourth-order valence-electron chi connectivity index (χ4n) is 0.968. The summed E-state index contributed by atoms with van der Waals surface area (Å²) >= 11 is 5.70. The molecule has 0 aliphatic heterocycles. The lowest BCUT2D eigenvalue weighted by molar-refractivity contribution is -0.384. The van der Waals surface area contributed by atoms with E-state index >= 15 is 0 Å². The second kappa shape index (κ2) is 3.72. The third-order valence-electron chi connectivity index (χ3n) is 1.64. The Hall–Kier alpha value is -1.13. The van der Waals surface area contributed by atoms with Crippen LogP contribution in [0.15, 0.2) is 18.2 Å². The molecule has 1 unspecified atom stereocenters. The van der Waals surface area contributed by atoms with Gasteiger partial charge in [-0.3, -0.25) is 10.1 Å². The fourth-order valence-corrected chi connectivity index (χ4v) is 1.30. The summed E-state index contributed by atoms with van der Waals surface area (Å²) in [5.41, 5.74) is 0.418. The number of hydrogen-bond acceptors (Lipinski definition) is 3. The lowest BCUT2D eigenvalue weighted by atomic mass is 10.1. The van der Waals surface area contributed by atoms with Crippen LogP contribution in [0.4, 0.5) is 5.69 Å². The van der Waals surface area contributed by atoms with Gasteiger partial charge in [0.2, 0.25) is 0 Å². The molecule has 1 aromatic rings. The predicted molar refractivity (Wildman–Crippen MR) is 48.7 cm³/mol. The number of non-ortho nitro benzene ring substituents is 1. The number of halogens is 1. The molecule has 13 heavy (non-hydrogen) atoms. The number of aliphatic hydroxyl groups excluding tert-OH is 1. The molecule has 0 spiro atoms. The average Bonchev–Trinajstić information content (AvgIpc) is 2.03. The number of aliphatic hydroxyl groups is 1. The zero-order valence-electron chi connectivity index (χ0n) is 6.90. The molecule has 1 atom stereocenters. The molecule has 0 aromatic heterocycles. The van der Waals surface area contributed by atoms with Crippen LogP contribution in [0.25, 0.3) is 0 Å². The Morgan fingerprint density at radius 2 is 2.23 bits per heavy atom. The van der Waals surface area contributed by atoms with Gasteiger partial charge in [0.1, 0.15) is 0 Å². The number of rotatable bonds is 2. The maximum Gasteiger partial charge on any atom is 0.270 e. The molecule has 1 aromatic carbocycles.